The summed E-state index contributed by atoms with van der Waals surface area (Å²) in [6.07, 6.45) is 1.23. The van der Waals surface area contributed by atoms with Crippen molar-refractivity contribution in [2.24, 2.45) is 0 Å². The van der Waals surface area contributed by atoms with E-state index in [9.17, 15) is 4.79 Å². The van der Waals surface area contributed by atoms with Crippen LogP contribution in [-0.2, 0) is 4.79 Å². The van der Waals surface area contributed by atoms with Crippen molar-refractivity contribution in [1.29, 1.82) is 5.41 Å². The van der Waals surface area contributed by atoms with Crippen molar-refractivity contribution < 1.29 is 9.53 Å². The molecule has 2 aromatic rings. The molecule has 0 heterocycles. The van der Waals surface area contributed by atoms with Crippen molar-refractivity contribution in [1.82, 2.24) is 9.21 Å². The number of ether oxygens (including phenoxy) is 1. The first-order valence-electron chi connectivity index (χ1n) is 9.36. The van der Waals surface area contributed by atoms with Crippen molar-refractivity contribution in [2.75, 3.05) is 51.9 Å². The van der Waals surface area contributed by atoms with Crippen LogP contribution in [-0.4, -0.2) is 62.2 Å². The molecule has 0 aliphatic heterocycles. The average Bonchev–Trinajstić information content (AvgIpc) is 2.65. The van der Waals surface area contributed by atoms with Gasteiger partial charge in [0.25, 0.3) is 0 Å². The number of halogens is 1. The summed E-state index contributed by atoms with van der Waals surface area (Å²) in [6, 6.07) is 8.98. The van der Waals surface area contributed by atoms with Crippen LogP contribution in [0.1, 0.15) is 11.1 Å². The van der Waals surface area contributed by atoms with Gasteiger partial charge in [-0.3, -0.25) is 4.79 Å². The first-order chi connectivity index (χ1) is 14.2. The number of rotatable bonds is 10. The topological polar surface area (TPSA) is 94.7 Å². The van der Waals surface area contributed by atoms with Crippen LogP contribution in [0, 0.1) is 12.3 Å². The normalized spacial score (nSPS) is 11.0. The van der Waals surface area contributed by atoms with Crippen molar-refractivity contribution in [2.45, 2.75) is 11.8 Å². The lowest BCUT2D eigenvalue weighted by atomic mass is 10.1. The molecule has 2 rings (SSSR count). The summed E-state index contributed by atoms with van der Waals surface area (Å²) in [5.74, 6) is 0.405. The molecule has 4 N–H and O–H groups in total. The third-order valence-electron chi connectivity index (χ3n) is 4.11. The molecule has 1 amide bonds. The molecule has 0 aliphatic rings. The summed E-state index contributed by atoms with van der Waals surface area (Å²) < 4.78 is 7.44. The molecule has 0 saturated heterocycles. The first-order valence-corrected chi connectivity index (χ1v) is 10.5. The molecule has 0 bridgehead atoms. The molecule has 0 spiro atoms. The van der Waals surface area contributed by atoms with Gasteiger partial charge < -0.3 is 26.1 Å². The van der Waals surface area contributed by atoms with E-state index in [1.807, 2.05) is 45.1 Å². The number of benzene rings is 2. The minimum Gasteiger partial charge on any atom is -0.491 e. The van der Waals surface area contributed by atoms with Crippen LogP contribution in [0.25, 0.3) is 0 Å². The molecule has 7 nitrogen and oxygen atoms in total. The lowest BCUT2D eigenvalue weighted by Crippen LogP contribution is -2.25. The van der Waals surface area contributed by atoms with Gasteiger partial charge in [0.15, 0.2) is 0 Å². The highest BCUT2D eigenvalue weighted by Crippen LogP contribution is 2.31. The second kappa shape index (κ2) is 11.2. The zero-order chi connectivity index (χ0) is 22.3. The monoisotopic (exact) mass is 449 g/mol. The molecular weight excluding hydrogens is 422 g/mol. The standard InChI is InChI=1S/C21H28ClN5O2S/c1-14-9-15(12-23)21(24)19(10-14)30-27(4)13-20(28)25-16-5-6-18(17(22)11-16)29-8-7-26(2)3/h5-6,9-12,23H,7-8,13,24H2,1-4H3,(H,25,28). The molecule has 0 saturated carbocycles. The van der Waals surface area contributed by atoms with Crippen LogP contribution >= 0.6 is 23.5 Å². The number of nitrogens with zero attached hydrogens (tertiary/aromatic N) is 2. The number of nitrogens with two attached hydrogens (primary N) is 1. The van der Waals surface area contributed by atoms with Crippen molar-refractivity contribution in [3.8, 4) is 5.75 Å². The Hall–Kier alpha value is -2.26. The Kier molecular flexibility index (Phi) is 8.98. The largest absolute Gasteiger partial charge is 0.491 e. The van der Waals surface area contributed by atoms with Crippen LogP contribution in [0.5, 0.6) is 5.75 Å². The number of hydrogen-bond donors (Lipinski definition) is 3. The fourth-order valence-corrected chi connectivity index (χ4v) is 3.83. The van der Waals surface area contributed by atoms with E-state index in [-0.39, 0.29) is 12.5 Å². The minimum atomic E-state index is -0.180. The lowest BCUT2D eigenvalue weighted by molar-refractivity contribution is -0.116. The Balaban J connectivity index is 1.93. The van der Waals surface area contributed by atoms with Gasteiger partial charge in [-0.1, -0.05) is 11.6 Å². The van der Waals surface area contributed by atoms with Gasteiger partial charge in [0.1, 0.15) is 12.4 Å². The number of aryl methyl sites for hydroxylation is 1. The van der Waals surface area contributed by atoms with Crippen LogP contribution in [0.15, 0.2) is 35.2 Å². The van der Waals surface area contributed by atoms with Gasteiger partial charge in [-0.25, -0.2) is 4.31 Å². The maximum atomic E-state index is 12.4. The number of carbonyl (C=O) groups excluding carboxylic acids is 1. The summed E-state index contributed by atoms with van der Waals surface area (Å²) in [7, 11) is 5.75. The average molecular weight is 450 g/mol. The van der Waals surface area contributed by atoms with Crippen LogP contribution in [0.3, 0.4) is 0 Å². The zero-order valence-electron chi connectivity index (χ0n) is 17.7. The minimum absolute atomic E-state index is 0.149. The number of hydrogen-bond acceptors (Lipinski definition) is 7. The van der Waals surface area contributed by atoms with Crippen molar-refractivity contribution in [3.63, 3.8) is 0 Å². The summed E-state index contributed by atoms with van der Waals surface area (Å²) in [4.78, 5) is 15.3. The number of nitrogens with one attached hydrogen (secondary N) is 2. The summed E-state index contributed by atoms with van der Waals surface area (Å²) >= 11 is 7.63. The maximum absolute atomic E-state index is 12.4. The van der Waals surface area contributed by atoms with Gasteiger partial charge in [0, 0.05) is 28.9 Å². The van der Waals surface area contributed by atoms with E-state index in [0.29, 0.717) is 34.3 Å². The van der Waals surface area contributed by atoms with Gasteiger partial charge >= 0.3 is 0 Å². The molecular formula is C21H28ClN5O2S. The van der Waals surface area contributed by atoms with E-state index in [0.717, 1.165) is 17.0 Å². The number of carbonyl (C=O) groups is 1. The van der Waals surface area contributed by atoms with Gasteiger partial charge in [0.05, 0.1) is 17.3 Å². The highest BCUT2D eigenvalue weighted by atomic mass is 35.5. The van der Waals surface area contributed by atoms with Crippen LogP contribution in [0.2, 0.25) is 5.02 Å². The Morgan fingerprint density at radius 1 is 1.30 bits per heavy atom. The first kappa shape index (κ1) is 24.0. The summed E-state index contributed by atoms with van der Waals surface area (Å²) in [6.45, 7) is 3.41. The Morgan fingerprint density at radius 3 is 2.67 bits per heavy atom. The van der Waals surface area contributed by atoms with Gasteiger partial charge in [-0.2, -0.15) is 0 Å². The smallest absolute Gasteiger partial charge is 0.239 e. The van der Waals surface area contributed by atoms with Gasteiger partial charge in [-0.05, 0) is 75.9 Å². The number of likely N-dealkylation sites (N-methyl/N-ethyl adjacent to an activating group) is 2. The fraction of sp³-hybridized carbons (Fsp3) is 0.333. The second-order valence-corrected chi connectivity index (χ2v) is 8.79. The Bertz CT molecular complexity index is 907. The SMILES string of the molecule is Cc1cc(C=N)c(N)c(SN(C)CC(=O)Nc2ccc(OCCN(C)C)c(Cl)c2)c1. The van der Waals surface area contributed by atoms with Crippen molar-refractivity contribution >= 4 is 47.0 Å². The summed E-state index contributed by atoms with van der Waals surface area (Å²) in [5.41, 5.74) is 8.92. The van der Waals surface area contributed by atoms with E-state index in [4.69, 9.17) is 27.5 Å². The molecule has 0 atom stereocenters. The van der Waals surface area contributed by atoms with Crippen LogP contribution < -0.4 is 15.8 Å². The van der Waals surface area contributed by atoms with E-state index >= 15 is 0 Å². The highest BCUT2D eigenvalue weighted by molar-refractivity contribution is 7.97. The van der Waals surface area contributed by atoms with Crippen molar-refractivity contribution in [3.05, 3.63) is 46.5 Å². The highest BCUT2D eigenvalue weighted by Gasteiger charge is 2.13. The predicted molar refractivity (Wildman–Crippen MR) is 126 cm³/mol. The lowest BCUT2D eigenvalue weighted by Gasteiger charge is -2.18. The molecule has 2 aromatic carbocycles. The maximum Gasteiger partial charge on any atom is 0.239 e. The van der Waals surface area contributed by atoms with E-state index < -0.39 is 0 Å². The zero-order valence-corrected chi connectivity index (χ0v) is 19.2. The molecule has 0 fully saturated rings. The number of anilines is 2. The Labute approximate surface area is 187 Å². The van der Waals surface area contributed by atoms with Gasteiger partial charge in [0.2, 0.25) is 5.91 Å². The van der Waals surface area contributed by atoms with E-state index in [1.54, 1.807) is 22.5 Å². The molecule has 9 heteroatoms. The molecule has 0 radical (unpaired) electrons. The van der Waals surface area contributed by atoms with E-state index in [2.05, 4.69) is 5.32 Å². The molecule has 0 unspecified atom stereocenters. The third kappa shape index (κ3) is 7.21. The number of nitrogen functional groups attached to an aromatic ring is 1. The third-order valence-corrected chi connectivity index (χ3v) is 5.38. The summed E-state index contributed by atoms with van der Waals surface area (Å²) in [5, 5.41) is 10.8. The van der Waals surface area contributed by atoms with Gasteiger partial charge in [-0.15, -0.1) is 0 Å². The molecule has 162 valence electrons. The second-order valence-electron chi connectivity index (χ2n) is 7.13. The quantitative estimate of drug-likeness (QED) is 0.290. The fourth-order valence-electron chi connectivity index (χ4n) is 2.62. The van der Waals surface area contributed by atoms with E-state index in [1.165, 1.54) is 18.2 Å². The predicted octanol–water partition coefficient (Wildman–Crippen LogP) is 3.75. The molecule has 0 aromatic heterocycles. The molecule has 30 heavy (non-hydrogen) atoms. The molecule has 0 aliphatic carbocycles. The number of amides is 1. The Morgan fingerprint density at radius 2 is 2.03 bits per heavy atom. The van der Waals surface area contributed by atoms with Crippen LogP contribution in [0.4, 0.5) is 11.4 Å².